The molecule has 3 aromatic carbocycles. The van der Waals surface area contributed by atoms with Crippen LogP contribution in [0.15, 0.2) is 60.7 Å². The van der Waals surface area contributed by atoms with E-state index in [0.29, 0.717) is 0 Å². The molecule has 0 saturated heterocycles. The molecule has 0 aliphatic heterocycles. The van der Waals surface area contributed by atoms with Crippen LogP contribution >= 0.6 is 0 Å². The average Bonchev–Trinajstić information content (AvgIpc) is 3.09. The molecule has 0 N–H and O–H groups in total. The van der Waals surface area contributed by atoms with Gasteiger partial charge in [-0.25, -0.2) is 0 Å². The van der Waals surface area contributed by atoms with Gasteiger partial charge in [0, 0.05) is 5.41 Å². The molecule has 1 aliphatic carbocycles. The fourth-order valence-corrected chi connectivity index (χ4v) is 5.26. The number of methoxy groups -OCH3 is 1. The Hall–Kier alpha value is -2.80. The largest absolute Gasteiger partial charge is 0.497 e. The zero-order chi connectivity index (χ0) is 22.6. The second kappa shape index (κ2) is 9.77. The zero-order valence-electron chi connectivity index (χ0n) is 20.1. The van der Waals surface area contributed by atoms with Crippen molar-refractivity contribution in [3.63, 3.8) is 0 Å². The molecule has 0 unspecified atom stereocenters. The van der Waals surface area contributed by atoms with Gasteiger partial charge in [-0.3, -0.25) is 0 Å². The molecule has 1 aliphatic rings. The molecule has 0 fully saturated rings. The van der Waals surface area contributed by atoms with E-state index in [9.17, 15) is 0 Å². The van der Waals surface area contributed by atoms with E-state index in [1.54, 1.807) is 12.7 Å². The Balaban J connectivity index is 1.77. The summed E-state index contributed by atoms with van der Waals surface area (Å²) in [6, 6.07) is 22.4. The van der Waals surface area contributed by atoms with Gasteiger partial charge >= 0.3 is 0 Å². The molecule has 3 aromatic rings. The number of ether oxygens (including phenoxy) is 1. The minimum Gasteiger partial charge on any atom is -0.497 e. The Morgan fingerprint density at radius 1 is 0.719 bits per heavy atom. The number of benzene rings is 3. The Morgan fingerprint density at radius 2 is 1.28 bits per heavy atom. The summed E-state index contributed by atoms with van der Waals surface area (Å²) in [6.07, 6.45) is 11.9. The summed E-state index contributed by atoms with van der Waals surface area (Å²) in [5, 5.41) is 0. The summed E-state index contributed by atoms with van der Waals surface area (Å²) in [5.41, 5.74) is 9.97. The minimum absolute atomic E-state index is 0.146. The van der Waals surface area contributed by atoms with Crippen molar-refractivity contribution in [1.82, 2.24) is 0 Å². The number of hydrogen-bond donors (Lipinski definition) is 0. The molecule has 1 heteroatoms. The molecular formula is C31H36O. The lowest BCUT2D eigenvalue weighted by atomic mass is 9.70. The van der Waals surface area contributed by atoms with Gasteiger partial charge in [0.25, 0.3) is 0 Å². The molecule has 1 nitrogen and oxygen atoms in total. The highest BCUT2D eigenvalue weighted by Gasteiger charge is 2.42. The Morgan fingerprint density at radius 3 is 1.91 bits per heavy atom. The maximum atomic E-state index is 5.28. The first-order chi connectivity index (χ1) is 15.6. The maximum Gasteiger partial charge on any atom is 0.118 e. The Labute approximate surface area is 194 Å². The van der Waals surface area contributed by atoms with Crippen molar-refractivity contribution in [2.75, 3.05) is 7.11 Å². The molecular weight excluding hydrogens is 388 g/mol. The van der Waals surface area contributed by atoms with E-state index in [1.165, 1.54) is 71.9 Å². The van der Waals surface area contributed by atoms with Crippen LogP contribution in [0.1, 0.15) is 80.2 Å². The predicted molar refractivity (Wildman–Crippen MR) is 138 cm³/mol. The molecule has 0 spiro atoms. The summed E-state index contributed by atoms with van der Waals surface area (Å²) in [5.74, 6) is 0.893. The van der Waals surface area contributed by atoms with Gasteiger partial charge in [0.15, 0.2) is 0 Å². The summed E-state index contributed by atoms with van der Waals surface area (Å²) in [6.45, 7) is 6.86. The molecule has 32 heavy (non-hydrogen) atoms. The SMILES string of the molecule is CCCCC1(CCCC)c2cc(C)ccc2-c2ccc(/C=C/c3ccc(OC)cc3)cc21. The third-order valence-electron chi connectivity index (χ3n) is 7.04. The van der Waals surface area contributed by atoms with Gasteiger partial charge in [-0.1, -0.05) is 106 Å². The summed E-state index contributed by atoms with van der Waals surface area (Å²) < 4.78 is 5.28. The molecule has 0 amide bonds. The standard InChI is InChI=1S/C31H36O/c1-5-7-19-31(20-8-6-2)29-21-23(3)9-17-27(29)28-18-14-25(22-30(28)31)11-10-24-12-15-26(32-4)16-13-24/h9-18,21-22H,5-8,19-20H2,1-4H3/b11-10+. The van der Waals surface area contributed by atoms with Crippen molar-refractivity contribution >= 4 is 12.2 Å². The molecule has 0 atom stereocenters. The fraction of sp³-hybridized carbons (Fsp3) is 0.355. The maximum absolute atomic E-state index is 5.28. The van der Waals surface area contributed by atoms with Crippen molar-refractivity contribution in [2.45, 2.75) is 64.7 Å². The van der Waals surface area contributed by atoms with E-state index in [0.717, 1.165) is 5.75 Å². The lowest BCUT2D eigenvalue weighted by molar-refractivity contribution is 0.414. The van der Waals surface area contributed by atoms with Crippen molar-refractivity contribution in [2.24, 2.45) is 0 Å². The monoisotopic (exact) mass is 424 g/mol. The highest BCUT2D eigenvalue weighted by molar-refractivity contribution is 5.83. The van der Waals surface area contributed by atoms with E-state index in [4.69, 9.17) is 4.74 Å². The second-order valence-corrected chi connectivity index (χ2v) is 9.25. The Kier molecular flexibility index (Phi) is 6.84. The van der Waals surface area contributed by atoms with Crippen molar-refractivity contribution in [3.8, 4) is 16.9 Å². The third-order valence-corrected chi connectivity index (χ3v) is 7.04. The quantitative estimate of drug-likeness (QED) is 0.312. The van der Waals surface area contributed by atoms with Gasteiger partial charge in [0.1, 0.15) is 5.75 Å². The van der Waals surface area contributed by atoms with E-state index < -0.39 is 0 Å². The highest BCUT2D eigenvalue weighted by atomic mass is 16.5. The van der Waals surface area contributed by atoms with Gasteiger partial charge < -0.3 is 4.74 Å². The van der Waals surface area contributed by atoms with Gasteiger partial charge in [0.05, 0.1) is 7.11 Å². The summed E-state index contributed by atoms with van der Waals surface area (Å²) in [4.78, 5) is 0. The van der Waals surface area contributed by atoms with Crippen LogP contribution in [-0.4, -0.2) is 7.11 Å². The smallest absolute Gasteiger partial charge is 0.118 e. The first-order valence-electron chi connectivity index (χ1n) is 12.2. The van der Waals surface area contributed by atoms with E-state index >= 15 is 0 Å². The Bertz CT molecular complexity index is 1080. The molecule has 0 aromatic heterocycles. The highest BCUT2D eigenvalue weighted by Crippen LogP contribution is 2.54. The number of hydrogen-bond acceptors (Lipinski definition) is 1. The van der Waals surface area contributed by atoms with E-state index in [1.807, 2.05) is 12.1 Å². The average molecular weight is 425 g/mol. The van der Waals surface area contributed by atoms with Crippen molar-refractivity contribution < 1.29 is 4.74 Å². The molecule has 0 radical (unpaired) electrons. The number of unbranched alkanes of at least 4 members (excludes halogenated alkanes) is 2. The first-order valence-corrected chi connectivity index (χ1v) is 12.2. The molecule has 0 bridgehead atoms. The second-order valence-electron chi connectivity index (χ2n) is 9.25. The van der Waals surface area contributed by atoms with Crippen LogP contribution in [0.2, 0.25) is 0 Å². The predicted octanol–water partition coefficient (Wildman–Crippen LogP) is 8.82. The molecule has 0 saturated carbocycles. The van der Waals surface area contributed by atoms with Crippen LogP contribution in [-0.2, 0) is 5.41 Å². The number of aryl methyl sites for hydroxylation is 1. The van der Waals surface area contributed by atoms with Gasteiger partial charge in [0.2, 0.25) is 0 Å². The topological polar surface area (TPSA) is 9.23 Å². The summed E-state index contributed by atoms with van der Waals surface area (Å²) in [7, 11) is 1.71. The van der Waals surface area contributed by atoms with Crippen LogP contribution in [0.25, 0.3) is 23.3 Å². The van der Waals surface area contributed by atoms with Crippen LogP contribution < -0.4 is 4.74 Å². The lowest BCUT2D eigenvalue weighted by Crippen LogP contribution is -2.25. The van der Waals surface area contributed by atoms with E-state index in [-0.39, 0.29) is 5.41 Å². The third kappa shape index (κ3) is 4.26. The number of fused-ring (bicyclic) bond motifs is 3. The normalized spacial score (nSPS) is 13.9. The fourth-order valence-electron chi connectivity index (χ4n) is 5.26. The van der Waals surface area contributed by atoms with Crippen LogP contribution in [0.3, 0.4) is 0 Å². The molecule has 4 rings (SSSR count). The number of rotatable bonds is 9. The minimum atomic E-state index is 0.146. The summed E-state index contributed by atoms with van der Waals surface area (Å²) >= 11 is 0. The van der Waals surface area contributed by atoms with Crippen molar-refractivity contribution in [1.29, 1.82) is 0 Å². The van der Waals surface area contributed by atoms with Crippen LogP contribution in [0, 0.1) is 6.92 Å². The van der Waals surface area contributed by atoms with Gasteiger partial charge in [-0.2, -0.15) is 0 Å². The van der Waals surface area contributed by atoms with Gasteiger partial charge in [-0.05, 0) is 65.3 Å². The van der Waals surface area contributed by atoms with Crippen LogP contribution in [0.4, 0.5) is 0 Å². The van der Waals surface area contributed by atoms with E-state index in [2.05, 4.69) is 81.5 Å². The molecule has 166 valence electrons. The molecule has 0 heterocycles. The lowest BCUT2D eigenvalue weighted by Gasteiger charge is -2.33. The van der Waals surface area contributed by atoms with Gasteiger partial charge in [-0.15, -0.1) is 0 Å². The van der Waals surface area contributed by atoms with Crippen molar-refractivity contribution in [3.05, 3.63) is 88.5 Å². The zero-order valence-corrected chi connectivity index (χ0v) is 20.1. The first kappa shape index (κ1) is 22.4. The van der Waals surface area contributed by atoms with Crippen LogP contribution in [0.5, 0.6) is 5.75 Å².